The molecule has 9 nitrogen and oxygen atoms in total. The zero-order valence-electron chi connectivity index (χ0n) is 16.1. The van der Waals surface area contributed by atoms with Crippen molar-refractivity contribution in [3.63, 3.8) is 0 Å². The molecule has 0 spiro atoms. The number of hydrogen-bond acceptors (Lipinski definition) is 7. The lowest BCUT2D eigenvalue weighted by atomic mass is 10.1. The lowest BCUT2D eigenvalue weighted by Gasteiger charge is -2.27. The van der Waals surface area contributed by atoms with Crippen LogP contribution in [-0.4, -0.2) is 50.8 Å². The number of aliphatic hydroxyl groups excluding tert-OH is 1. The maximum atomic E-state index is 15.5. The van der Waals surface area contributed by atoms with E-state index in [1.807, 2.05) is 9.24 Å². The van der Waals surface area contributed by atoms with Gasteiger partial charge in [0.25, 0.3) is 0 Å². The van der Waals surface area contributed by atoms with Gasteiger partial charge in [0, 0.05) is 12.1 Å². The minimum Gasteiger partial charge on any atom is -0.455 e. The number of nitrogens with zero attached hydrogens (tertiary/aromatic N) is 2. The van der Waals surface area contributed by atoms with Gasteiger partial charge in [0.15, 0.2) is 12.3 Å². The number of anilines is 1. The zero-order chi connectivity index (χ0) is 21.2. The summed E-state index contributed by atoms with van der Waals surface area (Å²) in [5.74, 6) is -1.78. The molecule has 1 aromatic rings. The number of carbonyl (C=O) groups is 2. The number of rotatable bonds is 6. The lowest BCUT2D eigenvalue weighted by molar-refractivity contribution is -0.159. The number of esters is 1. The summed E-state index contributed by atoms with van der Waals surface area (Å²) in [6, 6.07) is 1.33. The number of halogens is 1. The average molecular weight is 417 g/mol. The molecule has 1 amide bonds. The van der Waals surface area contributed by atoms with Crippen molar-refractivity contribution in [2.75, 3.05) is 11.9 Å². The molecule has 2 heterocycles. The molecular weight excluding hydrogens is 392 g/mol. The summed E-state index contributed by atoms with van der Waals surface area (Å²) >= 11 is 0. The summed E-state index contributed by atoms with van der Waals surface area (Å²) < 4.78 is 27.0. The molecule has 5 atom stereocenters. The van der Waals surface area contributed by atoms with Gasteiger partial charge in [-0.25, -0.2) is 9.18 Å². The molecule has 0 bridgehead atoms. The Morgan fingerprint density at radius 1 is 1.43 bits per heavy atom. The first-order valence-corrected chi connectivity index (χ1v) is 9.41. The molecular formula is C17H25FN3O6P. The second kappa shape index (κ2) is 8.63. The van der Waals surface area contributed by atoms with Gasteiger partial charge in [-0.3, -0.25) is 14.2 Å². The normalized spacial score (nSPS) is 27.2. The highest BCUT2D eigenvalue weighted by Gasteiger charge is 2.58. The number of hydrogen-bond donors (Lipinski definition) is 2. The second-order valence-electron chi connectivity index (χ2n) is 7.20. The van der Waals surface area contributed by atoms with Crippen molar-refractivity contribution in [1.82, 2.24) is 9.55 Å². The van der Waals surface area contributed by atoms with E-state index in [1.54, 1.807) is 27.7 Å². The van der Waals surface area contributed by atoms with Crippen LogP contribution in [0.3, 0.4) is 0 Å². The average Bonchev–Trinajstić information content (AvgIpc) is 2.85. The molecule has 0 aromatic carbocycles. The summed E-state index contributed by atoms with van der Waals surface area (Å²) in [5, 5.41) is 9.60. The fourth-order valence-corrected chi connectivity index (χ4v) is 3.06. The topological polar surface area (TPSA) is 120 Å². The maximum absolute atomic E-state index is 15.5. The largest absolute Gasteiger partial charge is 0.455 e. The Balaban J connectivity index is 2.30. The summed E-state index contributed by atoms with van der Waals surface area (Å²) in [6.45, 7) is 5.93. The fraction of sp³-hybridized carbons (Fsp3) is 0.647. The molecule has 2 rings (SSSR count). The molecule has 1 aliphatic heterocycles. The molecule has 2 N–H and O–H groups in total. The quantitative estimate of drug-likeness (QED) is 0.520. The highest BCUT2D eigenvalue weighted by atomic mass is 31.0. The minimum absolute atomic E-state index is 0.0210. The van der Waals surface area contributed by atoms with Crippen LogP contribution in [-0.2, 0) is 19.1 Å². The van der Waals surface area contributed by atoms with Crippen molar-refractivity contribution in [1.29, 1.82) is 0 Å². The third-order valence-electron chi connectivity index (χ3n) is 4.21. The first kappa shape index (κ1) is 22.4. The van der Waals surface area contributed by atoms with Crippen molar-refractivity contribution in [3.05, 3.63) is 22.7 Å². The highest BCUT2D eigenvalue weighted by molar-refractivity contribution is 7.18. The molecule has 1 aromatic heterocycles. The van der Waals surface area contributed by atoms with Crippen LogP contribution in [0.25, 0.3) is 0 Å². The Hall–Kier alpha value is -1.90. The fourth-order valence-electron chi connectivity index (χ4n) is 2.54. The first-order valence-electron chi connectivity index (χ1n) is 8.83. The van der Waals surface area contributed by atoms with Gasteiger partial charge in [0.05, 0.1) is 12.5 Å². The Kier molecular flexibility index (Phi) is 6.90. The van der Waals surface area contributed by atoms with E-state index in [-0.39, 0.29) is 17.6 Å². The molecule has 3 unspecified atom stereocenters. The number of aromatic nitrogens is 2. The van der Waals surface area contributed by atoms with Gasteiger partial charge in [-0.05, 0) is 6.07 Å². The Morgan fingerprint density at radius 3 is 2.57 bits per heavy atom. The first-order chi connectivity index (χ1) is 13.0. The van der Waals surface area contributed by atoms with Gasteiger partial charge in [-0.2, -0.15) is 4.98 Å². The maximum Gasteiger partial charge on any atom is 0.351 e. The van der Waals surface area contributed by atoms with Crippen molar-refractivity contribution in [2.24, 2.45) is 11.8 Å². The molecule has 0 aliphatic carbocycles. The van der Waals surface area contributed by atoms with Gasteiger partial charge in [-0.15, -0.1) is 0 Å². The van der Waals surface area contributed by atoms with Crippen LogP contribution in [0.15, 0.2) is 17.1 Å². The van der Waals surface area contributed by atoms with Crippen LogP contribution in [0.5, 0.6) is 0 Å². The van der Waals surface area contributed by atoms with Crippen LogP contribution >= 0.6 is 9.24 Å². The lowest BCUT2D eigenvalue weighted by Crippen LogP contribution is -2.44. The summed E-state index contributed by atoms with van der Waals surface area (Å²) in [7, 11) is 1.89. The van der Waals surface area contributed by atoms with E-state index in [1.165, 1.54) is 12.3 Å². The standard InChI is InChI=1S/C17H25FN3O6P/c1-8(2)13(23)19-11-5-6-21(16(25)20-11)15-17(18,28)12(10(7-22)26-15)27-14(24)9(3)4/h5-6,8-10,12,15,22H,7,28H2,1-4H3,(H,19,20,23,25)/t10-,12?,15-,17?/m1/s1. The van der Waals surface area contributed by atoms with E-state index >= 15 is 4.39 Å². The molecule has 156 valence electrons. The number of carbonyl (C=O) groups excluding carboxylic acids is 2. The SMILES string of the molecule is CC(C)C(=O)Nc1ccn([C@@H]2O[C@H](CO)C(OC(=O)C(C)C)C2(F)P)c(=O)n1. The minimum atomic E-state index is -2.38. The molecule has 0 radical (unpaired) electrons. The van der Waals surface area contributed by atoms with E-state index in [9.17, 15) is 19.5 Å². The smallest absolute Gasteiger partial charge is 0.351 e. The zero-order valence-corrected chi connectivity index (χ0v) is 17.2. The van der Waals surface area contributed by atoms with Crippen LogP contribution in [0, 0.1) is 11.8 Å². The summed E-state index contributed by atoms with van der Waals surface area (Å²) in [4.78, 5) is 39.7. The molecule has 28 heavy (non-hydrogen) atoms. The monoisotopic (exact) mass is 417 g/mol. The highest BCUT2D eigenvalue weighted by Crippen LogP contribution is 2.47. The number of amides is 1. The van der Waals surface area contributed by atoms with E-state index in [0.29, 0.717) is 0 Å². The molecule has 1 saturated heterocycles. The summed E-state index contributed by atoms with van der Waals surface area (Å²) in [6.07, 6.45) is -2.89. The Morgan fingerprint density at radius 2 is 2.07 bits per heavy atom. The molecule has 1 aliphatic rings. The number of ether oxygens (including phenoxy) is 2. The summed E-state index contributed by atoms with van der Waals surface area (Å²) in [5.41, 5.74) is -0.872. The number of nitrogens with one attached hydrogen (secondary N) is 1. The van der Waals surface area contributed by atoms with Crippen molar-refractivity contribution in [3.8, 4) is 0 Å². The third-order valence-corrected chi connectivity index (χ3v) is 4.82. The van der Waals surface area contributed by atoms with Crippen LogP contribution in [0.1, 0.15) is 33.9 Å². The molecule has 0 saturated carbocycles. The van der Waals surface area contributed by atoms with Crippen LogP contribution in [0.4, 0.5) is 10.2 Å². The second-order valence-corrected chi connectivity index (χ2v) is 8.08. The van der Waals surface area contributed by atoms with Crippen LogP contribution < -0.4 is 11.0 Å². The Bertz CT molecular complexity index is 797. The van der Waals surface area contributed by atoms with Crippen molar-refractivity contribution in [2.45, 2.75) is 51.5 Å². The van der Waals surface area contributed by atoms with Gasteiger partial charge in [-0.1, -0.05) is 36.9 Å². The van der Waals surface area contributed by atoms with Crippen molar-refractivity contribution >= 4 is 26.9 Å². The van der Waals surface area contributed by atoms with E-state index in [2.05, 4.69) is 10.3 Å². The number of alkyl halides is 1. The molecule has 11 heteroatoms. The predicted molar refractivity (Wildman–Crippen MR) is 101 cm³/mol. The number of aliphatic hydroxyl groups is 1. The van der Waals surface area contributed by atoms with Gasteiger partial charge < -0.3 is 19.9 Å². The van der Waals surface area contributed by atoms with E-state index in [0.717, 1.165) is 4.57 Å². The molecule has 1 fully saturated rings. The van der Waals surface area contributed by atoms with Crippen molar-refractivity contribution < 1.29 is 28.6 Å². The van der Waals surface area contributed by atoms with Crippen LogP contribution in [0.2, 0.25) is 0 Å². The third kappa shape index (κ3) is 4.56. The predicted octanol–water partition coefficient (Wildman–Crippen LogP) is 0.836. The Labute approximate surface area is 163 Å². The van der Waals surface area contributed by atoms with Gasteiger partial charge in [0.2, 0.25) is 11.3 Å². The van der Waals surface area contributed by atoms with E-state index < -0.39 is 48.0 Å². The van der Waals surface area contributed by atoms with Gasteiger partial charge >= 0.3 is 11.7 Å². The van der Waals surface area contributed by atoms with Gasteiger partial charge in [0.1, 0.15) is 11.9 Å². The van der Waals surface area contributed by atoms with E-state index in [4.69, 9.17) is 9.47 Å².